The molecule has 0 bridgehead atoms. The van der Waals surface area contributed by atoms with Crippen LogP contribution in [0.4, 0.5) is 0 Å². The second-order valence-corrected chi connectivity index (χ2v) is 6.59. The fourth-order valence-electron chi connectivity index (χ4n) is 2.42. The molecule has 0 saturated heterocycles. The summed E-state index contributed by atoms with van der Waals surface area (Å²) >= 11 is 11.9. The molecule has 0 unspecified atom stereocenters. The maximum atomic E-state index is 11.4. The first-order valence-electron chi connectivity index (χ1n) is 8.14. The molecule has 0 saturated carbocycles. The van der Waals surface area contributed by atoms with E-state index in [2.05, 4.69) is 0 Å². The van der Waals surface area contributed by atoms with E-state index in [-0.39, 0.29) is 24.5 Å². The van der Waals surface area contributed by atoms with Gasteiger partial charge in [-0.1, -0.05) is 59.6 Å². The van der Waals surface area contributed by atoms with Crippen molar-refractivity contribution in [3.05, 3.63) is 93.5 Å². The van der Waals surface area contributed by atoms with Crippen molar-refractivity contribution >= 4 is 29.2 Å². The van der Waals surface area contributed by atoms with Crippen molar-refractivity contribution in [2.75, 3.05) is 0 Å². The Labute approximate surface area is 166 Å². The van der Waals surface area contributed by atoms with E-state index < -0.39 is 5.97 Å². The standard InChI is InChI=1S/C21H16Cl2O4/c22-18-9-6-15(10-19(18)23)13-26-16-7-8-17(21(24)25)20(11-16)27-12-14-4-2-1-3-5-14/h1-11H,12-13H2,(H,24,25). The third kappa shape index (κ3) is 5.16. The fraction of sp³-hybridized carbons (Fsp3) is 0.0952. The summed E-state index contributed by atoms with van der Waals surface area (Å²) in [7, 11) is 0. The van der Waals surface area contributed by atoms with Crippen LogP contribution in [0.1, 0.15) is 21.5 Å². The van der Waals surface area contributed by atoms with Crippen molar-refractivity contribution in [3.8, 4) is 11.5 Å². The number of aromatic carboxylic acids is 1. The number of hydrogen-bond donors (Lipinski definition) is 1. The molecule has 3 aromatic carbocycles. The zero-order valence-corrected chi connectivity index (χ0v) is 15.7. The van der Waals surface area contributed by atoms with Gasteiger partial charge < -0.3 is 14.6 Å². The van der Waals surface area contributed by atoms with Crippen molar-refractivity contribution in [2.45, 2.75) is 13.2 Å². The van der Waals surface area contributed by atoms with Crippen LogP contribution in [0.3, 0.4) is 0 Å². The number of halogens is 2. The highest BCUT2D eigenvalue weighted by molar-refractivity contribution is 6.42. The Morgan fingerprint density at radius 2 is 1.56 bits per heavy atom. The summed E-state index contributed by atoms with van der Waals surface area (Å²) in [6, 6.07) is 19.4. The summed E-state index contributed by atoms with van der Waals surface area (Å²) in [5.74, 6) is -0.318. The molecular weight excluding hydrogens is 387 g/mol. The van der Waals surface area contributed by atoms with E-state index in [1.54, 1.807) is 24.3 Å². The Balaban J connectivity index is 1.74. The molecule has 6 heteroatoms. The second-order valence-electron chi connectivity index (χ2n) is 5.77. The molecule has 0 atom stereocenters. The van der Waals surface area contributed by atoms with E-state index in [1.807, 2.05) is 36.4 Å². The zero-order valence-electron chi connectivity index (χ0n) is 14.2. The normalized spacial score (nSPS) is 10.4. The van der Waals surface area contributed by atoms with Gasteiger partial charge in [0.25, 0.3) is 0 Å². The maximum Gasteiger partial charge on any atom is 0.339 e. The van der Waals surface area contributed by atoms with Crippen LogP contribution in [0.15, 0.2) is 66.7 Å². The van der Waals surface area contributed by atoms with Crippen molar-refractivity contribution in [1.29, 1.82) is 0 Å². The van der Waals surface area contributed by atoms with Gasteiger partial charge in [0.15, 0.2) is 0 Å². The van der Waals surface area contributed by atoms with Crippen LogP contribution in [-0.4, -0.2) is 11.1 Å². The Bertz CT molecular complexity index is 942. The first kappa shape index (κ1) is 19.1. The molecule has 0 amide bonds. The topological polar surface area (TPSA) is 55.8 Å². The summed E-state index contributed by atoms with van der Waals surface area (Å²) in [5.41, 5.74) is 1.86. The first-order chi connectivity index (χ1) is 13.0. The number of benzene rings is 3. The molecule has 0 heterocycles. The molecule has 3 rings (SSSR count). The molecule has 0 aliphatic rings. The van der Waals surface area contributed by atoms with Crippen molar-refractivity contribution in [2.24, 2.45) is 0 Å². The predicted molar refractivity (Wildman–Crippen MR) is 105 cm³/mol. The lowest BCUT2D eigenvalue weighted by Gasteiger charge is -2.12. The van der Waals surface area contributed by atoms with Crippen molar-refractivity contribution in [3.63, 3.8) is 0 Å². The molecule has 0 aromatic heterocycles. The molecule has 27 heavy (non-hydrogen) atoms. The smallest absolute Gasteiger partial charge is 0.339 e. The van der Waals surface area contributed by atoms with Gasteiger partial charge >= 0.3 is 5.97 Å². The molecule has 0 radical (unpaired) electrons. The van der Waals surface area contributed by atoms with E-state index in [0.717, 1.165) is 11.1 Å². The van der Waals surface area contributed by atoms with Gasteiger partial charge in [0.05, 0.1) is 10.0 Å². The van der Waals surface area contributed by atoms with Crippen molar-refractivity contribution < 1.29 is 19.4 Å². The molecule has 0 fully saturated rings. The summed E-state index contributed by atoms with van der Waals surface area (Å²) in [4.78, 5) is 11.4. The average Bonchev–Trinajstić information content (AvgIpc) is 2.68. The third-order valence-electron chi connectivity index (χ3n) is 3.81. The van der Waals surface area contributed by atoms with Gasteiger partial charge in [-0.3, -0.25) is 0 Å². The van der Waals surface area contributed by atoms with E-state index in [1.165, 1.54) is 6.07 Å². The van der Waals surface area contributed by atoms with Crippen molar-refractivity contribution in [1.82, 2.24) is 0 Å². The second kappa shape index (κ2) is 8.80. The van der Waals surface area contributed by atoms with Crippen LogP contribution in [0.5, 0.6) is 11.5 Å². The number of hydrogen-bond acceptors (Lipinski definition) is 3. The van der Waals surface area contributed by atoms with Crippen LogP contribution >= 0.6 is 23.2 Å². The molecule has 4 nitrogen and oxygen atoms in total. The molecule has 3 aromatic rings. The van der Waals surface area contributed by atoms with Gasteiger partial charge in [0.2, 0.25) is 0 Å². The van der Waals surface area contributed by atoms with E-state index in [9.17, 15) is 9.90 Å². The van der Waals surface area contributed by atoms with Crippen LogP contribution in [0.2, 0.25) is 10.0 Å². The molecular formula is C21H16Cl2O4. The molecule has 0 aliphatic heterocycles. The average molecular weight is 403 g/mol. The number of rotatable bonds is 7. The van der Waals surface area contributed by atoms with Gasteiger partial charge in [-0.05, 0) is 35.4 Å². The minimum atomic E-state index is -1.06. The van der Waals surface area contributed by atoms with Gasteiger partial charge in [0, 0.05) is 6.07 Å². The lowest BCUT2D eigenvalue weighted by atomic mass is 10.2. The molecule has 0 spiro atoms. The Morgan fingerprint density at radius 3 is 2.26 bits per heavy atom. The molecule has 1 N–H and O–H groups in total. The van der Waals surface area contributed by atoms with Crippen LogP contribution < -0.4 is 9.47 Å². The first-order valence-corrected chi connectivity index (χ1v) is 8.89. The molecule has 0 aliphatic carbocycles. The lowest BCUT2D eigenvalue weighted by Crippen LogP contribution is -2.04. The summed E-state index contributed by atoms with van der Waals surface area (Å²) in [6.45, 7) is 0.527. The number of carboxylic acid groups (broad SMARTS) is 1. The highest BCUT2D eigenvalue weighted by Gasteiger charge is 2.13. The van der Waals surface area contributed by atoms with E-state index in [0.29, 0.717) is 15.8 Å². The fourth-order valence-corrected chi connectivity index (χ4v) is 2.74. The highest BCUT2D eigenvalue weighted by atomic mass is 35.5. The molecule has 138 valence electrons. The predicted octanol–water partition coefficient (Wildman–Crippen LogP) is 5.85. The Morgan fingerprint density at radius 1 is 0.815 bits per heavy atom. The number of carboxylic acids is 1. The van der Waals surface area contributed by atoms with E-state index >= 15 is 0 Å². The van der Waals surface area contributed by atoms with Gasteiger partial charge in [-0.25, -0.2) is 4.79 Å². The number of ether oxygens (including phenoxy) is 2. The summed E-state index contributed by atoms with van der Waals surface area (Å²) in [5, 5.41) is 10.3. The maximum absolute atomic E-state index is 11.4. The largest absolute Gasteiger partial charge is 0.489 e. The number of carbonyl (C=O) groups is 1. The van der Waals surface area contributed by atoms with Crippen LogP contribution in [-0.2, 0) is 13.2 Å². The third-order valence-corrected chi connectivity index (χ3v) is 4.55. The lowest BCUT2D eigenvalue weighted by molar-refractivity contribution is 0.0691. The quantitative estimate of drug-likeness (QED) is 0.538. The van der Waals surface area contributed by atoms with Gasteiger partial charge in [-0.2, -0.15) is 0 Å². The zero-order chi connectivity index (χ0) is 19.2. The SMILES string of the molecule is O=C(O)c1ccc(OCc2ccc(Cl)c(Cl)c2)cc1OCc1ccccc1. The van der Waals surface area contributed by atoms with E-state index in [4.69, 9.17) is 32.7 Å². The summed E-state index contributed by atoms with van der Waals surface area (Å²) in [6.07, 6.45) is 0. The van der Waals surface area contributed by atoms with Gasteiger partial charge in [-0.15, -0.1) is 0 Å². The monoisotopic (exact) mass is 402 g/mol. The van der Waals surface area contributed by atoms with Gasteiger partial charge in [0.1, 0.15) is 30.3 Å². The Kier molecular flexibility index (Phi) is 6.22. The Hall–Kier alpha value is -2.69. The van der Waals surface area contributed by atoms with Crippen LogP contribution in [0, 0.1) is 0 Å². The van der Waals surface area contributed by atoms with Crippen LogP contribution in [0.25, 0.3) is 0 Å². The minimum Gasteiger partial charge on any atom is -0.489 e. The minimum absolute atomic E-state index is 0.0767. The highest BCUT2D eigenvalue weighted by Crippen LogP contribution is 2.28. The summed E-state index contributed by atoms with van der Waals surface area (Å²) < 4.78 is 11.5.